The van der Waals surface area contributed by atoms with Gasteiger partial charge in [-0.2, -0.15) is 0 Å². The maximum atomic E-state index is 6.15. The third-order valence-electron chi connectivity index (χ3n) is 5.03. The van der Waals surface area contributed by atoms with Crippen molar-refractivity contribution in [2.45, 2.75) is 103 Å². The van der Waals surface area contributed by atoms with E-state index in [1.54, 1.807) is 0 Å². The zero-order valence-corrected chi connectivity index (χ0v) is 13.9. The van der Waals surface area contributed by atoms with Crippen LogP contribution in [0, 0.1) is 5.92 Å². The Hall–Kier alpha value is -0.500. The number of hydrogen-bond donors (Lipinski definition) is 0. The van der Waals surface area contributed by atoms with E-state index in [2.05, 4.69) is 13.5 Å². The van der Waals surface area contributed by atoms with Gasteiger partial charge in [0.25, 0.3) is 0 Å². The topological polar surface area (TPSA) is 18.5 Å². The van der Waals surface area contributed by atoms with Gasteiger partial charge in [-0.15, -0.1) is 0 Å². The Balaban J connectivity index is 1.66. The normalized spacial score (nSPS) is 27.5. The number of rotatable bonds is 8. The van der Waals surface area contributed by atoms with Crippen LogP contribution in [-0.4, -0.2) is 12.4 Å². The minimum Gasteiger partial charge on any atom is -0.470 e. The molecule has 2 aliphatic rings. The standard InChI is InChI=1S/C19H34O2/c1-3-4-5-9-13-18-14-10-15-19(21-18)20-16(2)17-11-7-6-8-12-17/h17-19H,2-15H2,1H3/t18-,19-/m1/s1. The molecule has 1 aliphatic heterocycles. The Labute approximate surface area is 131 Å². The van der Waals surface area contributed by atoms with Gasteiger partial charge in [0.15, 0.2) is 6.29 Å². The van der Waals surface area contributed by atoms with Gasteiger partial charge in [-0.25, -0.2) is 0 Å². The Morgan fingerprint density at radius 1 is 1.00 bits per heavy atom. The van der Waals surface area contributed by atoms with Gasteiger partial charge in [0.1, 0.15) is 0 Å². The molecule has 0 N–H and O–H groups in total. The molecule has 0 aromatic rings. The molecule has 2 nitrogen and oxygen atoms in total. The third-order valence-corrected chi connectivity index (χ3v) is 5.03. The molecule has 2 heteroatoms. The van der Waals surface area contributed by atoms with E-state index in [1.807, 2.05) is 0 Å². The molecule has 1 saturated heterocycles. The Bertz CT molecular complexity index is 294. The molecule has 0 amide bonds. The second kappa shape index (κ2) is 9.50. The molecule has 0 unspecified atom stereocenters. The van der Waals surface area contributed by atoms with Gasteiger partial charge in [-0.3, -0.25) is 0 Å². The summed E-state index contributed by atoms with van der Waals surface area (Å²) in [5.74, 6) is 1.57. The second-order valence-corrected chi connectivity index (χ2v) is 6.89. The molecule has 2 fully saturated rings. The van der Waals surface area contributed by atoms with Crippen LogP contribution in [-0.2, 0) is 9.47 Å². The lowest BCUT2D eigenvalue weighted by atomic mass is 9.88. The zero-order chi connectivity index (χ0) is 14.9. The van der Waals surface area contributed by atoms with E-state index in [9.17, 15) is 0 Å². The van der Waals surface area contributed by atoms with Crippen LogP contribution in [0.4, 0.5) is 0 Å². The molecule has 0 radical (unpaired) electrons. The van der Waals surface area contributed by atoms with Gasteiger partial charge < -0.3 is 9.47 Å². The van der Waals surface area contributed by atoms with Crippen molar-refractivity contribution in [1.29, 1.82) is 0 Å². The highest BCUT2D eigenvalue weighted by atomic mass is 16.7. The van der Waals surface area contributed by atoms with E-state index < -0.39 is 0 Å². The third kappa shape index (κ3) is 6.02. The quantitative estimate of drug-likeness (QED) is 0.406. The van der Waals surface area contributed by atoms with Gasteiger partial charge in [0, 0.05) is 12.3 Å². The van der Waals surface area contributed by atoms with Crippen molar-refractivity contribution in [1.82, 2.24) is 0 Å². The molecule has 0 aromatic carbocycles. The van der Waals surface area contributed by atoms with E-state index in [0.717, 1.165) is 12.2 Å². The summed E-state index contributed by atoms with van der Waals surface area (Å²) in [4.78, 5) is 0. The molecule has 0 bridgehead atoms. The molecule has 1 saturated carbocycles. The molecular weight excluding hydrogens is 260 g/mol. The lowest BCUT2D eigenvalue weighted by Gasteiger charge is -2.33. The summed E-state index contributed by atoms with van der Waals surface area (Å²) in [7, 11) is 0. The molecule has 2 atom stereocenters. The maximum absolute atomic E-state index is 6.15. The van der Waals surface area contributed by atoms with Crippen LogP contribution >= 0.6 is 0 Å². The molecule has 2 rings (SSSR count). The van der Waals surface area contributed by atoms with Crippen LogP contribution in [0.5, 0.6) is 0 Å². The zero-order valence-electron chi connectivity index (χ0n) is 13.9. The monoisotopic (exact) mass is 294 g/mol. The van der Waals surface area contributed by atoms with E-state index in [0.29, 0.717) is 12.0 Å². The van der Waals surface area contributed by atoms with Crippen molar-refractivity contribution >= 4 is 0 Å². The predicted molar refractivity (Wildman–Crippen MR) is 88.1 cm³/mol. The summed E-state index contributed by atoms with van der Waals surface area (Å²) < 4.78 is 12.2. The van der Waals surface area contributed by atoms with E-state index in [4.69, 9.17) is 9.47 Å². The van der Waals surface area contributed by atoms with Crippen LogP contribution in [0.15, 0.2) is 12.3 Å². The molecule has 0 spiro atoms. The van der Waals surface area contributed by atoms with Crippen LogP contribution in [0.1, 0.15) is 90.4 Å². The predicted octanol–water partition coefficient (Wildman–Crippen LogP) is 5.96. The van der Waals surface area contributed by atoms with E-state index >= 15 is 0 Å². The highest BCUT2D eigenvalue weighted by Crippen LogP contribution is 2.32. The van der Waals surface area contributed by atoms with Crippen molar-refractivity contribution in [3.05, 3.63) is 12.3 Å². The Morgan fingerprint density at radius 2 is 1.81 bits per heavy atom. The molecule has 21 heavy (non-hydrogen) atoms. The number of unbranched alkanes of at least 4 members (excludes halogenated alkanes) is 3. The summed E-state index contributed by atoms with van der Waals surface area (Å²) in [6.07, 6.45) is 16.9. The summed E-state index contributed by atoms with van der Waals surface area (Å²) in [6.45, 7) is 6.44. The highest BCUT2D eigenvalue weighted by Gasteiger charge is 2.26. The fourth-order valence-electron chi connectivity index (χ4n) is 3.65. The number of allylic oxidation sites excluding steroid dienone is 1. The van der Waals surface area contributed by atoms with Crippen molar-refractivity contribution in [2.24, 2.45) is 5.92 Å². The Kier molecular flexibility index (Phi) is 7.63. The number of ether oxygens (including phenoxy) is 2. The minimum absolute atomic E-state index is 0.0237. The molecule has 0 aromatic heterocycles. The van der Waals surface area contributed by atoms with Crippen LogP contribution in [0.3, 0.4) is 0 Å². The first kappa shape index (κ1) is 16.9. The van der Waals surface area contributed by atoms with Crippen molar-refractivity contribution in [3.63, 3.8) is 0 Å². The summed E-state index contributed by atoms with van der Waals surface area (Å²) in [5.41, 5.74) is 0. The minimum atomic E-state index is -0.0237. The first-order chi connectivity index (χ1) is 10.3. The fraction of sp³-hybridized carbons (Fsp3) is 0.895. The molecule has 1 heterocycles. The molecule has 1 aliphatic carbocycles. The van der Waals surface area contributed by atoms with Crippen molar-refractivity contribution in [2.75, 3.05) is 0 Å². The fourth-order valence-corrected chi connectivity index (χ4v) is 3.65. The summed E-state index contributed by atoms with van der Waals surface area (Å²) in [5, 5.41) is 0. The van der Waals surface area contributed by atoms with Gasteiger partial charge in [0.05, 0.1) is 11.9 Å². The van der Waals surface area contributed by atoms with Gasteiger partial charge >= 0.3 is 0 Å². The second-order valence-electron chi connectivity index (χ2n) is 6.89. The average molecular weight is 294 g/mol. The smallest absolute Gasteiger partial charge is 0.199 e. The Morgan fingerprint density at radius 3 is 2.57 bits per heavy atom. The van der Waals surface area contributed by atoms with Crippen LogP contribution in [0.25, 0.3) is 0 Å². The summed E-state index contributed by atoms with van der Waals surface area (Å²) >= 11 is 0. The lowest BCUT2D eigenvalue weighted by Crippen LogP contribution is -2.30. The van der Waals surface area contributed by atoms with E-state index in [-0.39, 0.29) is 6.29 Å². The maximum Gasteiger partial charge on any atom is 0.199 e. The molecule has 122 valence electrons. The first-order valence-corrected chi connectivity index (χ1v) is 9.30. The lowest BCUT2D eigenvalue weighted by molar-refractivity contribution is -0.180. The van der Waals surface area contributed by atoms with Crippen molar-refractivity contribution < 1.29 is 9.47 Å². The number of hydrogen-bond acceptors (Lipinski definition) is 2. The molecular formula is C19H34O2. The highest BCUT2D eigenvalue weighted by molar-refractivity contribution is 4.93. The van der Waals surface area contributed by atoms with Crippen LogP contribution < -0.4 is 0 Å². The SMILES string of the molecule is C=C(O[C@H]1CCC[C@@H](CCCCCC)O1)C1CCCCC1. The van der Waals surface area contributed by atoms with Gasteiger partial charge in [0.2, 0.25) is 0 Å². The van der Waals surface area contributed by atoms with Crippen LogP contribution in [0.2, 0.25) is 0 Å². The van der Waals surface area contributed by atoms with E-state index in [1.165, 1.54) is 77.0 Å². The largest absolute Gasteiger partial charge is 0.470 e. The average Bonchev–Trinajstić information content (AvgIpc) is 2.53. The van der Waals surface area contributed by atoms with Gasteiger partial charge in [-0.1, -0.05) is 58.4 Å². The van der Waals surface area contributed by atoms with Crippen molar-refractivity contribution in [3.8, 4) is 0 Å². The summed E-state index contributed by atoms with van der Waals surface area (Å²) in [6, 6.07) is 0. The first-order valence-electron chi connectivity index (χ1n) is 9.30. The van der Waals surface area contributed by atoms with Gasteiger partial charge in [-0.05, 0) is 32.1 Å².